The van der Waals surface area contributed by atoms with E-state index in [1.807, 2.05) is 18.4 Å². The number of rotatable bonds is 3. The second-order valence-corrected chi connectivity index (χ2v) is 4.43. The number of hydrogen-bond acceptors (Lipinski definition) is 3. The number of pyridine rings is 1. The van der Waals surface area contributed by atoms with Gasteiger partial charge in [0.25, 0.3) is 5.91 Å². The summed E-state index contributed by atoms with van der Waals surface area (Å²) in [5, 5.41) is 2.65. The van der Waals surface area contributed by atoms with Crippen LogP contribution in [0.25, 0.3) is 0 Å². The highest BCUT2D eigenvalue weighted by molar-refractivity contribution is 7.98. The smallest absolute Gasteiger partial charge is 0.255 e. The predicted octanol–water partition coefficient (Wildman–Crippen LogP) is 3.19. The molecule has 5 heteroatoms. The molecule has 0 unspecified atom stereocenters. The molecule has 3 nitrogen and oxygen atoms in total. The van der Waals surface area contributed by atoms with Gasteiger partial charge in [-0.05, 0) is 42.7 Å². The molecular weight excluding hydrogens is 251 g/mol. The first-order valence-corrected chi connectivity index (χ1v) is 6.48. The Morgan fingerprint density at radius 1 is 1.22 bits per heavy atom. The number of benzene rings is 1. The molecule has 0 saturated heterocycles. The van der Waals surface area contributed by atoms with Crippen molar-refractivity contribution < 1.29 is 9.18 Å². The molecule has 0 aliphatic heterocycles. The van der Waals surface area contributed by atoms with Gasteiger partial charge in [-0.1, -0.05) is 0 Å². The first-order chi connectivity index (χ1) is 8.69. The summed E-state index contributed by atoms with van der Waals surface area (Å²) >= 11 is 1.61. The summed E-state index contributed by atoms with van der Waals surface area (Å²) in [7, 11) is 0. The molecule has 0 saturated carbocycles. The van der Waals surface area contributed by atoms with E-state index in [-0.39, 0.29) is 5.91 Å². The summed E-state index contributed by atoms with van der Waals surface area (Å²) in [6.45, 7) is 0. The molecule has 2 rings (SSSR count). The lowest BCUT2D eigenvalue weighted by Gasteiger charge is -2.05. The molecule has 2 aromatic rings. The number of thioether (sulfide) groups is 1. The van der Waals surface area contributed by atoms with Crippen molar-refractivity contribution >= 4 is 23.4 Å². The number of hydrogen-bond donors (Lipinski definition) is 1. The Kier molecular flexibility index (Phi) is 3.94. The Balaban J connectivity index is 2.09. The van der Waals surface area contributed by atoms with E-state index >= 15 is 0 Å². The number of nitrogens with zero attached hydrogens (tertiary/aromatic N) is 1. The van der Waals surface area contributed by atoms with Crippen molar-refractivity contribution in [2.75, 3.05) is 11.6 Å². The topological polar surface area (TPSA) is 42.0 Å². The second-order valence-electron chi connectivity index (χ2n) is 3.55. The van der Waals surface area contributed by atoms with E-state index in [0.717, 1.165) is 4.90 Å². The van der Waals surface area contributed by atoms with Gasteiger partial charge in [0.1, 0.15) is 0 Å². The molecule has 0 bridgehead atoms. The van der Waals surface area contributed by atoms with Crippen molar-refractivity contribution in [2.24, 2.45) is 0 Å². The maximum Gasteiger partial charge on any atom is 0.255 e. The molecule has 1 N–H and O–H groups in total. The van der Waals surface area contributed by atoms with Crippen LogP contribution >= 0.6 is 11.8 Å². The molecule has 0 spiro atoms. The van der Waals surface area contributed by atoms with Crippen LogP contribution in [0.5, 0.6) is 0 Å². The van der Waals surface area contributed by atoms with Crippen molar-refractivity contribution in [1.82, 2.24) is 4.98 Å². The highest BCUT2D eigenvalue weighted by atomic mass is 32.2. The molecule has 0 aliphatic rings. The molecule has 1 aromatic heterocycles. The van der Waals surface area contributed by atoms with Crippen LogP contribution in [0.1, 0.15) is 10.4 Å². The van der Waals surface area contributed by atoms with Crippen LogP contribution in [-0.2, 0) is 0 Å². The summed E-state index contributed by atoms with van der Waals surface area (Å²) in [4.78, 5) is 16.4. The van der Waals surface area contributed by atoms with Crippen LogP contribution in [-0.4, -0.2) is 17.1 Å². The average Bonchev–Trinajstić information content (AvgIpc) is 2.41. The molecule has 0 atom stereocenters. The molecule has 0 aliphatic carbocycles. The van der Waals surface area contributed by atoms with Gasteiger partial charge in [-0.25, -0.2) is 4.98 Å². The molecular formula is C13H11FN2OS. The third-order valence-electron chi connectivity index (χ3n) is 2.34. The molecule has 1 heterocycles. The Bertz CT molecular complexity index is 540. The van der Waals surface area contributed by atoms with E-state index in [4.69, 9.17) is 0 Å². The van der Waals surface area contributed by atoms with Gasteiger partial charge in [0, 0.05) is 10.5 Å². The fourth-order valence-electron chi connectivity index (χ4n) is 1.40. The fraction of sp³-hybridized carbons (Fsp3) is 0.0769. The number of aromatic nitrogens is 1. The molecule has 0 radical (unpaired) electrons. The van der Waals surface area contributed by atoms with Crippen LogP contribution < -0.4 is 5.32 Å². The van der Waals surface area contributed by atoms with Crippen LogP contribution in [0.3, 0.4) is 0 Å². The first kappa shape index (κ1) is 12.6. The zero-order chi connectivity index (χ0) is 13.0. The second kappa shape index (κ2) is 5.64. The number of carbonyl (C=O) groups is 1. The number of anilines is 1. The molecule has 18 heavy (non-hydrogen) atoms. The lowest BCUT2D eigenvalue weighted by atomic mass is 10.2. The van der Waals surface area contributed by atoms with Crippen molar-refractivity contribution in [3.63, 3.8) is 0 Å². The Hall–Kier alpha value is -1.88. The van der Waals surface area contributed by atoms with Crippen LogP contribution in [0.15, 0.2) is 47.5 Å². The van der Waals surface area contributed by atoms with E-state index < -0.39 is 5.95 Å². The third-order valence-corrected chi connectivity index (χ3v) is 3.08. The van der Waals surface area contributed by atoms with Crippen molar-refractivity contribution in [3.05, 3.63) is 54.1 Å². The Labute approximate surface area is 108 Å². The Morgan fingerprint density at radius 3 is 2.50 bits per heavy atom. The molecule has 1 amide bonds. The van der Waals surface area contributed by atoms with Crippen LogP contribution in [0.4, 0.5) is 10.1 Å². The predicted molar refractivity (Wildman–Crippen MR) is 70.4 cm³/mol. The Morgan fingerprint density at radius 2 is 1.94 bits per heavy atom. The number of carbonyl (C=O) groups excluding carboxylic acids is 1. The zero-order valence-electron chi connectivity index (χ0n) is 9.68. The quantitative estimate of drug-likeness (QED) is 0.682. The largest absolute Gasteiger partial charge is 0.321 e. The van der Waals surface area contributed by atoms with Gasteiger partial charge in [-0.3, -0.25) is 4.79 Å². The van der Waals surface area contributed by atoms with Gasteiger partial charge in [0.15, 0.2) is 0 Å². The summed E-state index contributed by atoms with van der Waals surface area (Å²) in [6, 6.07) is 9.92. The summed E-state index contributed by atoms with van der Waals surface area (Å²) in [5.41, 5.74) is 1.02. The fourth-order valence-corrected chi connectivity index (χ4v) is 1.80. The summed E-state index contributed by atoms with van der Waals surface area (Å²) in [6.07, 6.45) is 3.25. The van der Waals surface area contributed by atoms with Gasteiger partial charge in [-0.2, -0.15) is 4.39 Å². The van der Waals surface area contributed by atoms with E-state index in [9.17, 15) is 9.18 Å². The number of halogens is 1. The van der Waals surface area contributed by atoms with Gasteiger partial charge >= 0.3 is 0 Å². The lowest BCUT2D eigenvalue weighted by molar-refractivity contribution is 0.102. The minimum atomic E-state index is -0.572. The SMILES string of the molecule is CSc1ccc(C(=O)Nc2ccc(F)nc2)cc1. The highest BCUT2D eigenvalue weighted by Crippen LogP contribution is 2.15. The maximum absolute atomic E-state index is 12.6. The third kappa shape index (κ3) is 3.07. The standard InChI is InChI=1S/C13H11FN2OS/c1-18-11-5-2-9(3-6-11)13(17)16-10-4-7-12(14)15-8-10/h2-8H,1H3,(H,16,17). The molecule has 1 aromatic carbocycles. The van der Waals surface area contributed by atoms with E-state index in [0.29, 0.717) is 11.3 Å². The number of nitrogens with one attached hydrogen (secondary N) is 1. The van der Waals surface area contributed by atoms with Gasteiger partial charge in [0.05, 0.1) is 11.9 Å². The van der Waals surface area contributed by atoms with E-state index in [2.05, 4.69) is 10.3 Å². The van der Waals surface area contributed by atoms with E-state index in [1.54, 1.807) is 23.9 Å². The maximum atomic E-state index is 12.6. The minimum Gasteiger partial charge on any atom is -0.321 e. The molecule has 92 valence electrons. The summed E-state index contributed by atoms with van der Waals surface area (Å²) in [5.74, 6) is -0.812. The van der Waals surface area contributed by atoms with Crippen LogP contribution in [0.2, 0.25) is 0 Å². The van der Waals surface area contributed by atoms with E-state index in [1.165, 1.54) is 18.3 Å². The highest BCUT2D eigenvalue weighted by Gasteiger charge is 2.06. The number of amides is 1. The van der Waals surface area contributed by atoms with Crippen LogP contribution in [0, 0.1) is 5.95 Å². The van der Waals surface area contributed by atoms with Gasteiger partial charge in [-0.15, -0.1) is 11.8 Å². The summed E-state index contributed by atoms with van der Waals surface area (Å²) < 4.78 is 12.6. The first-order valence-electron chi connectivity index (χ1n) is 5.26. The normalized spacial score (nSPS) is 10.1. The lowest BCUT2D eigenvalue weighted by Crippen LogP contribution is -2.11. The zero-order valence-corrected chi connectivity index (χ0v) is 10.5. The van der Waals surface area contributed by atoms with Crippen molar-refractivity contribution in [3.8, 4) is 0 Å². The minimum absolute atomic E-state index is 0.240. The van der Waals surface area contributed by atoms with Crippen molar-refractivity contribution in [1.29, 1.82) is 0 Å². The van der Waals surface area contributed by atoms with Gasteiger partial charge < -0.3 is 5.32 Å². The van der Waals surface area contributed by atoms with Crippen molar-refractivity contribution in [2.45, 2.75) is 4.90 Å². The average molecular weight is 262 g/mol. The van der Waals surface area contributed by atoms with Gasteiger partial charge in [0.2, 0.25) is 5.95 Å². The monoisotopic (exact) mass is 262 g/mol. The molecule has 0 fully saturated rings.